The predicted molar refractivity (Wildman–Crippen MR) is 72.5 cm³/mol. The van der Waals surface area contributed by atoms with Gasteiger partial charge >= 0.3 is 0 Å². The molecule has 0 saturated heterocycles. The van der Waals surface area contributed by atoms with Gasteiger partial charge in [-0.15, -0.1) is 0 Å². The summed E-state index contributed by atoms with van der Waals surface area (Å²) < 4.78 is 0. The third-order valence-electron chi connectivity index (χ3n) is 2.90. The van der Waals surface area contributed by atoms with Gasteiger partial charge in [0.05, 0.1) is 11.0 Å². The van der Waals surface area contributed by atoms with Gasteiger partial charge in [-0.25, -0.2) is 4.98 Å². The normalized spacial score (nSPS) is 10.7. The van der Waals surface area contributed by atoms with Gasteiger partial charge in [0.15, 0.2) is 0 Å². The van der Waals surface area contributed by atoms with E-state index in [2.05, 4.69) is 9.97 Å². The third-order valence-corrected chi connectivity index (χ3v) is 2.90. The van der Waals surface area contributed by atoms with Crippen molar-refractivity contribution in [3.05, 3.63) is 64.4 Å². The number of H-pyrrole nitrogens is 1. The van der Waals surface area contributed by atoms with Gasteiger partial charge in [0.25, 0.3) is 5.56 Å². The molecule has 1 N–H and O–H groups in total. The molecule has 0 atom stereocenters. The van der Waals surface area contributed by atoms with Crippen LogP contribution < -0.4 is 5.56 Å². The first kappa shape index (κ1) is 10.7. The van der Waals surface area contributed by atoms with Crippen molar-refractivity contribution in [2.45, 2.75) is 6.92 Å². The molecule has 3 rings (SSSR count). The number of benzene rings is 2. The number of hydrogen-bond donors (Lipinski definition) is 1. The highest BCUT2D eigenvalue weighted by molar-refractivity contribution is 5.77. The van der Waals surface area contributed by atoms with Crippen LogP contribution in [0.1, 0.15) is 5.56 Å². The molecule has 0 amide bonds. The number of aromatic nitrogens is 2. The molecule has 1 aromatic heterocycles. The van der Waals surface area contributed by atoms with E-state index in [0.29, 0.717) is 5.69 Å². The standard InChI is InChI=1S/C15H12N2O/c1-10-7-8-12-13(9-10)16-14(15(18)17-12)11-5-3-2-4-6-11/h2-9H,1H3,(H,17,18). The maximum atomic E-state index is 12.0. The van der Waals surface area contributed by atoms with Gasteiger partial charge in [-0.05, 0) is 24.6 Å². The van der Waals surface area contributed by atoms with Gasteiger partial charge in [-0.3, -0.25) is 4.79 Å². The molecule has 0 spiro atoms. The number of hydrogen-bond acceptors (Lipinski definition) is 2. The molecule has 0 aliphatic carbocycles. The quantitative estimate of drug-likeness (QED) is 0.706. The Hall–Kier alpha value is -2.42. The Balaban J connectivity index is 2.31. The van der Waals surface area contributed by atoms with E-state index in [4.69, 9.17) is 0 Å². The molecule has 0 aliphatic heterocycles. The Bertz CT molecular complexity index is 760. The average molecular weight is 236 g/mol. The molecule has 0 radical (unpaired) electrons. The first-order chi connectivity index (χ1) is 8.74. The van der Waals surface area contributed by atoms with Crippen molar-refractivity contribution >= 4 is 11.0 Å². The molecule has 0 saturated carbocycles. The van der Waals surface area contributed by atoms with Gasteiger partial charge in [0, 0.05) is 5.56 Å². The highest BCUT2D eigenvalue weighted by Crippen LogP contribution is 2.16. The van der Waals surface area contributed by atoms with Crippen LogP contribution in [0, 0.1) is 6.92 Å². The molecule has 88 valence electrons. The molecule has 18 heavy (non-hydrogen) atoms. The van der Waals surface area contributed by atoms with Crippen LogP contribution in [-0.4, -0.2) is 9.97 Å². The lowest BCUT2D eigenvalue weighted by molar-refractivity contribution is 1.22. The number of aryl methyl sites for hydroxylation is 1. The summed E-state index contributed by atoms with van der Waals surface area (Å²) in [6.45, 7) is 2.01. The Morgan fingerprint density at radius 3 is 2.61 bits per heavy atom. The minimum atomic E-state index is -0.155. The van der Waals surface area contributed by atoms with Crippen molar-refractivity contribution in [2.75, 3.05) is 0 Å². The smallest absolute Gasteiger partial charge is 0.274 e. The van der Waals surface area contributed by atoms with Gasteiger partial charge in [0.2, 0.25) is 0 Å². The first-order valence-electron chi connectivity index (χ1n) is 5.80. The van der Waals surface area contributed by atoms with E-state index < -0.39 is 0 Å². The van der Waals surface area contributed by atoms with E-state index in [-0.39, 0.29) is 5.56 Å². The molecule has 3 aromatic rings. The second-order valence-electron chi connectivity index (χ2n) is 4.30. The Kier molecular flexibility index (Phi) is 2.45. The maximum Gasteiger partial charge on any atom is 0.274 e. The van der Waals surface area contributed by atoms with Crippen molar-refractivity contribution in [3.8, 4) is 11.3 Å². The largest absolute Gasteiger partial charge is 0.319 e. The van der Waals surface area contributed by atoms with Crippen molar-refractivity contribution in [1.29, 1.82) is 0 Å². The summed E-state index contributed by atoms with van der Waals surface area (Å²) in [7, 11) is 0. The summed E-state index contributed by atoms with van der Waals surface area (Å²) in [5.74, 6) is 0. The maximum absolute atomic E-state index is 12.0. The lowest BCUT2D eigenvalue weighted by Gasteiger charge is -2.03. The van der Waals surface area contributed by atoms with Gasteiger partial charge in [-0.1, -0.05) is 36.4 Å². The summed E-state index contributed by atoms with van der Waals surface area (Å²) in [6.07, 6.45) is 0. The Morgan fingerprint density at radius 1 is 1.06 bits per heavy atom. The molecular formula is C15H12N2O. The molecule has 0 fully saturated rings. The zero-order chi connectivity index (χ0) is 12.5. The minimum absolute atomic E-state index is 0.155. The number of fused-ring (bicyclic) bond motifs is 1. The molecule has 2 aromatic carbocycles. The second-order valence-corrected chi connectivity index (χ2v) is 4.30. The average Bonchev–Trinajstić information content (AvgIpc) is 2.39. The number of nitrogens with one attached hydrogen (secondary N) is 1. The van der Waals surface area contributed by atoms with E-state index in [0.717, 1.165) is 22.2 Å². The summed E-state index contributed by atoms with van der Waals surface area (Å²) in [5.41, 5.74) is 3.85. The van der Waals surface area contributed by atoms with E-state index in [1.54, 1.807) is 0 Å². The topological polar surface area (TPSA) is 45.8 Å². The monoisotopic (exact) mass is 236 g/mol. The second kappa shape index (κ2) is 4.11. The molecule has 3 heteroatoms. The van der Waals surface area contributed by atoms with Crippen LogP contribution in [0.25, 0.3) is 22.3 Å². The summed E-state index contributed by atoms with van der Waals surface area (Å²) in [6, 6.07) is 15.3. The lowest BCUT2D eigenvalue weighted by atomic mass is 10.1. The lowest BCUT2D eigenvalue weighted by Crippen LogP contribution is -2.11. The predicted octanol–water partition coefficient (Wildman–Crippen LogP) is 2.90. The van der Waals surface area contributed by atoms with Crippen LogP contribution in [0.3, 0.4) is 0 Å². The summed E-state index contributed by atoms with van der Waals surface area (Å²) in [4.78, 5) is 19.3. The number of rotatable bonds is 1. The molecule has 3 nitrogen and oxygen atoms in total. The zero-order valence-electron chi connectivity index (χ0n) is 9.97. The van der Waals surface area contributed by atoms with E-state index in [1.807, 2.05) is 55.5 Å². The van der Waals surface area contributed by atoms with Crippen LogP contribution in [0.5, 0.6) is 0 Å². The SMILES string of the molecule is Cc1ccc2[nH]c(=O)c(-c3ccccc3)nc2c1. The third kappa shape index (κ3) is 1.80. The molecule has 0 aliphatic rings. The molecule has 0 bridgehead atoms. The van der Waals surface area contributed by atoms with Gasteiger partial charge in [0.1, 0.15) is 5.69 Å². The summed E-state index contributed by atoms with van der Waals surface area (Å²) >= 11 is 0. The fraction of sp³-hybridized carbons (Fsp3) is 0.0667. The van der Waals surface area contributed by atoms with E-state index >= 15 is 0 Å². The van der Waals surface area contributed by atoms with E-state index in [9.17, 15) is 4.79 Å². The van der Waals surface area contributed by atoms with Crippen LogP contribution in [0.15, 0.2) is 53.3 Å². The Labute approximate surface area is 104 Å². The minimum Gasteiger partial charge on any atom is -0.319 e. The zero-order valence-corrected chi connectivity index (χ0v) is 9.97. The van der Waals surface area contributed by atoms with Crippen molar-refractivity contribution < 1.29 is 0 Å². The number of aromatic amines is 1. The number of nitrogens with zero attached hydrogens (tertiary/aromatic N) is 1. The van der Waals surface area contributed by atoms with Gasteiger partial charge < -0.3 is 4.98 Å². The fourth-order valence-corrected chi connectivity index (χ4v) is 1.98. The van der Waals surface area contributed by atoms with Crippen molar-refractivity contribution in [2.24, 2.45) is 0 Å². The first-order valence-corrected chi connectivity index (χ1v) is 5.80. The van der Waals surface area contributed by atoms with Crippen LogP contribution in [0.2, 0.25) is 0 Å². The molecule has 1 heterocycles. The summed E-state index contributed by atoms with van der Waals surface area (Å²) in [5, 5.41) is 0. The van der Waals surface area contributed by atoms with Gasteiger partial charge in [-0.2, -0.15) is 0 Å². The fourth-order valence-electron chi connectivity index (χ4n) is 1.98. The molecular weight excluding hydrogens is 224 g/mol. The van der Waals surface area contributed by atoms with Crippen molar-refractivity contribution in [1.82, 2.24) is 9.97 Å². The van der Waals surface area contributed by atoms with Crippen LogP contribution in [0.4, 0.5) is 0 Å². The van der Waals surface area contributed by atoms with Crippen LogP contribution >= 0.6 is 0 Å². The Morgan fingerprint density at radius 2 is 1.83 bits per heavy atom. The van der Waals surface area contributed by atoms with E-state index in [1.165, 1.54) is 0 Å². The highest BCUT2D eigenvalue weighted by atomic mass is 16.1. The molecule has 0 unspecified atom stereocenters. The van der Waals surface area contributed by atoms with Crippen LogP contribution in [-0.2, 0) is 0 Å². The highest BCUT2D eigenvalue weighted by Gasteiger charge is 2.06. The van der Waals surface area contributed by atoms with Crippen molar-refractivity contribution in [3.63, 3.8) is 0 Å².